The molecule has 0 radical (unpaired) electrons. The van der Waals surface area contributed by atoms with E-state index in [1.165, 1.54) is 0 Å². The molecular weight excluding hydrogens is 248 g/mol. The second kappa shape index (κ2) is 7.72. The van der Waals surface area contributed by atoms with Crippen LogP contribution >= 0.6 is 0 Å². The fourth-order valence-corrected chi connectivity index (χ4v) is 2.41. The summed E-state index contributed by atoms with van der Waals surface area (Å²) in [5, 5.41) is 3.38. The number of hydrogen-bond donors (Lipinski definition) is 1. The maximum Gasteiger partial charge on any atom is 0.298 e. The highest BCUT2D eigenvalue weighted by Crippen LogP contribution is 2.16. The highest BCUT2D eigenvalue weighted by molar-refractivity contribution is 5.94. The average molecular weight is 270 g/mol. The Morgan fingerprint density at radius 1 is 1.30 bits per heavy atom. The molecule has 2 rings (SSSR count). The highest BCUT2D eigenvalue weighted by Gasteiger charge is 2.21. The van der Waals surface area contributed by atoms with Crippen LogP contribution in [0.25, 0.3) is 0 Å². The first-order valence-electron chi connectivity index (χ1n) is 7.36. The van der Waals surface area contributed by atoms with Crippen molar-refractivity contribution in [2.45, 2.75) is 19.8 Å². The van der Waals surface area contributed by atoms with E-state index in [2.05, 4.69) is 24.1 Å². The van der Waals surface area contributed by atoms with Gasteiger partial charge in [0.05, 0.1) is 0 Å². The molecule has 1 N–H and O–H groups in total. The molecule has 1 heterocycles. The van der Waals surface area contributed by atoms with Gasteiger partial charge >= 0.3 is 0 Å². The maximum atomic E-state index is 12.0. The van der Waals surface area contributed by atoms with Gasteiger partial charge in [-0.05, 0) is 44.0 Å². The lowest BCUT2D eigenvalue weighted by molar-refractivity contribution is -0.126. The number of nitrogens with one attached hydrogen (secondary N) is 1. The standard InChI is InChI=1S/C17H22N2O/c1-2-18-14-16-10-12-19(13-11-16)17(20)9-8-15-6-4-3-5-7-15/h3-7,16,18H,2,10-14H2,1H3. The normalized spacial score (nSPS) is 15.6. The Kier molecular flexibility index (Phi) is 5.64. The van der Waals surface area contributed by atoms with Crippen LogP contribution in [-0.2, 0) is 4.79 Å². The van der Waals surface area contributed by atoms with Gasteiger partial charge in [0, 0.05) is 24.6 Å². The van der Waals surface area contributed by atoms with E-state index in [0.29, 0.717) is 5.92 Å². The lowest BCUT2D eigenvalue weighted by atomic mass is 9.97. The van der Waals surface area contributed by atoms with Gasteiger partial charge in [-0.25, -0.2) is 0 Å². The minimum atomic E-state index is -0.0456. The van der Waals surface area contributed by atoms with Crippen molar-refractivity contribution in [3.63, 3.8) is 0 Å². The minimum absolute atomic E-state index is 0.0456. The Hall–Kier alpha value is -1.79. The van der Waals surface area contributed by atoms with Crippen molar-refractivity contribution in [1.29, 1.82) is 0 Å². The second-order valence-electron chi connectivity index (χ2n) is 5.16. The third-order valence-corrected chi connectivity index (χ3v) is 3.67. The van der Waals surface area contributed by atoms with Crippen molar-refractivity contribution in [1.82, 2.24) is 10.2 Å². The fourth-order valence-electron chi connectivity index (χ4n) is 2.41. The van der Waals surface area contributed by atoms with Crippen LogP contribution in [0.5, 0.6) is 0 Å². The summed E-state index contributed by atoms with van der Waals surface area (Å²) in [6.07, 6.45) is 2.15. The number of likely N-dealkylation sites (tertiary alicyclic amines) is 1. The smallest absolute Gasteiger partial charge is 0.298 e. The van der Waals surface area contributed by atoms with Crippen LogP contribution in [0.15, 0.2) is 30.3 Å². The molecule has 0 spiro atoms. The number of piperidine rings is 1. The summed E-state index contributed by atoms with van der Waals surface area (Å²) in [7, 11) is 0. The van der Waals surface area contributed by atoms with E-state index < -0.39 is 0 Å². The summed E-state index contributed by atoms with van der Waals surface area (Å²) >= 11 is 0. The Bertz CT molecular complexity index is 479. The van der Waals surface area contributed by atoms with Gasteiger partial charge in [0.25, 0.3) is 5.91 Å². The van der Waals surface area contributed by atoms with Gasteiger partial charge in [-0.2, -0.15) is 0 Å². The van der Waals surface area contributed by atoms with E-state index in [1.54, 1.807) is 0 Å². The van der Waals surface area contributed by atoms with Gasteiger partial charge in [0.15, 0.2) is 0 Å². The van der Waals surface area contributed by atoms with Gasteiger partial charge in [-0.3, -0.25) is 4.79 Å². The van der Waals surface area contributed by atoms with Crippen LogP contribution in [0.2, 0.25) is 0 Å². The summed E-state index contributed by atoms with van der Waals surface area (Å²) in [5.74, 6) is 6.33. The number of rotatable bonds is 3. The van der Waals surface area contributed by atoms with Gasteiger partial charge < -0.3 is 10.2 Å². The number of carbonyl (C=O) groups is 1. The molecule has 0 unspecified atom stereocenters. The number of carbonyl (C=O) groups excluding carboxylic acids is 1. The van der Waals surface area contributed by atoms with E-state index in [-0.39, 0.29) is 5.91 Å². The zero-order valence-electron chi connectivity index (χ0n) is 12.1. The minimum Gasteiger partial charge on any atom is -0.332 e. The zero-order valence-corrected chi connectivity index (χ0v) is 12.1. The summed E-state index contributed by atoms with van der Waals surface area (Å²) in [6, 6.07) is 9.65. The first-order chi connectivity index (χ1) is 9.79. The highest BCUT2D eigenvalue weighted by atomic mass is 16.2. The van der Waals surface area contributed by atoms with Gasteiger partial charge in [-0.1, -0.05) is 31.0 Å². The summed E-state index contributed by atoms with van der Waals surface area (Å²) in [4.78, 5) is 13.9. The van der Waals surface area contributed by atoms with Crippen molar-refractivity contribution in [3.8, 4) is 11.8 Å². The quantitative estimate of drug-likeness (QED) is 0.851. The van der Waals surface area contributed by atoms with E-state index in [9.17, 15) is 4.79 Å². The molecule has 1 saturated heterocycles. The van der Waals surface area contributed by atoms with Crippen LogP contribution in [0, 0.1) is 17.8 Å². The number of nitrogens with zero attached hydrogens (tertiary/aromatic N) is 1. The molecule has 1 amide bonds. The molecule has 1 aromatic rings. The SMILES string of the molecule is CCNCC1CCN(C(=O)C#Cc2ccccc2)CC1. The van der Waals surface area contributed by atoms with Crippen LogP contribution < -0.4 is 5.32 Å². The van der Waals surface area contributed by atoms with Gasteiger partial charge in [-0.15, -0.1) is 0 Å². The molecule has 3 nitrogen and oxygen atoms in total. The predicted molar refractivity (Wildman–Crippen MR) is 81.2 cm³/mol. The largest absolute Gasteiger partial charge is 0.332 e. The molecule has 106 valence electrons. The van der Waals surface area contributed by atoms with Crippen molar-refractivity contribution >= 4 is 5.91 Å². The van der Waals surface area contributed by atoms with Crippen LogP contribution in [0.3, 0.4) is 0 Å². The number of amides is 1. The topological polar surface area (TPSA) is 32.3 Å². The summed E-state index contributed by atoms with van der Waals surface area (Å²) < 4.78 is 0. The van der Waals surface area contributed by atoms with Gasteiger partial charge in [0.2, 0.25) is 0 Å². The third kappa shape index (κ3) is 4.40. The molecule has 0 aliphatic carbocycles. The average Bonchev–Trinajstić information content (AvgIpc) is 2.52. The predicted octanol–water partition coefficient (Wildman–Crippen LogP) is 1.89. The maximum absolute atomic E-state index is 12.0. The lowest BCUT2D eigenvalue weighted by Crippen LogP contribution is -2.40. The van der Waals surface area contributed by atoms with Crippen LogP contribution in [-0.4, -0.2) is 37.0 Å². The molecule has 0 saturated carbocycles. The molecule has 1 aliphatic heterocycles. The number of benzene rings is 1. The summed E-state index contributed by atoms with van der Waals surface area (Å²) in [5.41, 5.74) is 0.892. The Labute approximate surface area is 121 Å². The molecule has 0 bridgehead atoms. The van der Waals surface area contributed by atoms with Crippen molar-refractivity contribution in [3.05, 3.63) is 35.9 Å². The van der Waals surface area contributed by atoms with Crippen molar-refractivity contribution in [2.75, 3.05) is 26.2 Å². The molecule has 1 fully saturated rings. The molecule has 0 atom stereocenters. The Morgan fingerprint density at radius 2 is 2.00 bits per heavy atom. The van der Waals surface area contributed by atoms with Crippen LogP contribution in [0.4, 0.5) is 0 Å². The zero-order chi connectivity index (χ0) is 14.2. The van der Waals surface area contributed by atoms with Crippen molar-refractivity contribution in [2.24, 2.45) is 5.92 Å². The fraction of sp³-hybridized carbons (Fsp3) is 0.471. The number of hydrogen-bond acceptors (Lipinski definition) is 2. The lowest BCUT2D eigenvalue weighted by Gasteiger charge is -2.30. The molecule has 3 heteroatoms. The molecule has 20 heavy (non-hydrogen) atoms. The third-order valence-electron chi connectivity index (χ3n) is 3.67. The first-order valence-corrected chi connectivity index (χ1v) is 7.36. The van der Waals surface area contributed by atoms with E-state index >= 15 is 0 Å². The Balaban J connectivity index is 1.82. The Morgan fingerprint density at radius 3 is 2.65 bits per heavy atom. The molecular formula is C17H22N2O. The van der Waals surface area contributed by atoms with Crippen molar-refractivity contribution < 1.29 is 4.79 Å². The molecule has 1 aliphatic rings. The monoisotopic (exact) mass is 270 g/mol. The first kappa shape index (κ1) is 14.6. The second-order valence-corrected chi connectivity index (χ2v) is 5.16. The molecule has 1 aromatic carbocycles. The molecule has 0 aromatic heterocycles. The summed E-state index contributed by atoms with van der Waals surface area (Å²) in [6.45, 7) is 5.87. The van der Waals surface area contributed by atoms with Gasteiger partial charge in [0.1, 0.15) is 0 Å². The van der Waals surface area contributed by atoms with E-state index in [1.807, 2.05) is 35.2 Å². The van der Waals surface area contributed by atoms with E-state index in [4.69, 9.17) is 0 Å². The van der Waals surface area contributed by atoms with E-state index in [0.717, 1.165) is 44.6 Å². The van der Waals surface area contributed by atoms with Crippen LogP contribution in [0.1, 0.15) is 25.3 Å².